The van der Waals surface area contributed by atoms with Crippen molar-refractivity contribution in [1.82, 2.24) is 15.2 Å². The van der Waals surface area contributed by atoms with Gasteiger partial charge in [-0.15, -0.1) is 0 Å². The van der Waals surface area contributed by atoms with Gasteiger partial charge in [-0.05, 0) is 57.7 Å². The molecule has 4 nitrogen and oxygen atoms in total. The summed E-state index contributed by atoms with van der Waals surface area (Å²) in [4.78, 5) is 11.9. The van der Waals surface area contributed by atoms with Crippen LogP contribution in [0.15, 0.2) is 18.5 Å². The first kappa shape index (κ1) is 15.1. The Bertz CT molecular complexity index is 455. The fourth-order valence-corrected chi connectivity index (χ4v) is 2.57. The van der Waals surface area contributed by atoms with E-state index in [4.69, 9.17) is 0 Å². The Morgan fingerprint density at radius 1 is 1.45 bits per heavy atom. The van der Waals surface area contributed by atoms with E-state index in [1.807, 2.05) is 31.5 Å². The van der Waals surface area contributed by atoms with Gasteiger partial charge in [-0.25, -0.2) is 0 Å². The van der Waals surface area contributed by atoms with Gasteiger partial charge in [-0.3, -0.25) is 4.79 Å². The highest BCUT2D eigenvalue weighted by Gasteiger charge is 2.32. The number of carbonyl (C=O) groups excluding carboxylic acids is 1. The number of hydrogen-bond donors (Lipinski definition) is 2. The maximum absolute atomic E-state index is 11.9. The highest BCUT2D eigenvalue weighted by atomic mass is 16.2. The van der Waals surface area contributed by atoms with Crippen molar-refractivity contribution >= 4 is 5.91 Å². The van der Waals surface area contributed by atoms with Crippen LogP contribution in [0.3, 0.4) is 0 Å². The summed E-state index contributed by atoms with van der Waals surface area (Å²) in [6.45, 7) is 9.52. The number of carbonyl (C=O) groups is 1. The minimum Gasteiger partial charge on any atom is -0.350 e. The maximum atomic E-state index is 11.9. The average Bonchev–Trinajstić information content (AvgIpc) is 3.04. The van der Waals surface area contributed by atoms with E-state index in [0.29, 0.717) is 12.6 Å². The molecular weight excluding hydrogens is 250 g/mol. The topological polar surface area (TPSA) is 46.1 Å². The molecule has 0 radical (unpaired) electrons. The third-order valence-corrected chi connectivity index (χ3v) is 3.49. The lowest BCUT2D eigenvalue weighted by Crippen LogP contribution is -2.42. The Morgan fingerprint density at radius 3 is 2.70 bits per heavy atom. The van der Waals surface area contributed by atoms with Crippen LogP contribution in [-0.2, 0) is 11.3 Å². The molecule has 0 saturated heterocycles. The molecule has 0 bridgehead atoms. The smallest absolute Gasteiger partial charge is 0.240 e. The SMILES string of the molecule is CCNC(c1ccn(CC(=O)NC(C)(C)C)c1)C1CC1. The van der Waals surface area contributed by atoms with Crippen LogP contribution in [0, 0.1) is 5.92 Å². The van der Waals surface area contributed by atoms with Crippen LogP contribution in [0.5, 0.6) is 0 Å². The molecule has 0 aromatic carbocycles. The van der Waals surface area contributed by atoms with Crippen LogP contribution in [-0.4, -0.2) is 22.6 Å². The second-order valence-electron chi connectivity index (χ2n) is 6.79. The summed E-state index contributed by atoms with van der Waals surface area (Å²) in [5, 5.41) is 6.54. The highest BCUT2D eigenvalue weighted by Crippen LogP contribution is 2.40. The van der Waals surface area contributed by atoms with E-state index in [2.05, 4.69) is 29.8 Å². The number of amides is 1. The Kier molecular flexibility index (Phi) is 4.53. The zero-order chi connectivity index (χ0) is 14.8. The van der Waals surface area contributed by atoms with Gasteiger partial charge in [0.15, 0.2) is 0 Å². The Labute approximate surface area is 121 Å². The van der Waals surface area contributed by atoms with Gasteiger partial charge in [0.25, 0.3) is 0 Å². The number of nitrogens with one attached hydrogen (secondary N) is 2. The van der Waals surface area contributed by atoms with Crippen molar-refractivity contribution in [3.05, 3.63) is 24.0 Å². The number of hydrogen-bond acceptors (Lipinski definition) is 2. The monoisotopic (exact) mass is 277 g/mol. The summed E-state index contributed by atoms with van der Waals surface area (Å²) in [5.41, 5.74) is 1.13. The molecule has 1 unspecified atom stereocenters. The largest absolute Gasteiger partial charge is 0.350 e. The second-order valence-corrected chi connectivity index (χ2v) is 6.79. The number of rotatable bonds is 6. The lowest BCUT2D eigenvalue weighted by Gasteiger charge is -2.20. The first-order valence-electron chi connectivity index (χ1n) is 7.59. The molecule has 112 valence electrons. The lowest BCUT2D eigenvalue weighted by molar-refractivity contribution is -0.123. The van der Waals surface area contributed by atoms with E-state index in [1.165, 1.54) is 18.4 Å². The van der Waals surface area contributed by atoms with Crippen LogP contribution in [0.2, 0.25) is 0 Å². The van der Waals surface area contributed by atoms with Crippen molar-refractivity contribution < 1.29 is 4.79 Å². The molecule has 1 aromatic rings. The zero-order valence-corrected chi connectivity index (χ0v) is 13.1. The summed E-state index contributed by atoms with van der Waals surface area (Å²) in [6.07, 6.45) is 6.74. The van der Waals surface area contributed by atoms with E-state index in [-0.39, 0.29) is 11.4 Å². The fraction of sp³-hybridized carbons (Fsp3) is 0.688. The molecule has 2 N–H and O–H groups in total. The van der Waals surface area contributed by atoms with Crippen molar-refractivity contribution in [3.63, 3.8) is 0 Å². The third kappa shape index (κ3) is 4.37. The van der Waals surface area contributed by atoms with Gasteiger partial charge in [-0.2, -0.15) is 0 Å². The molecule has 1 saturated carbocycles. The van der Waals surface area contributed by atoms with Gasteiger partial charge < -0.3 is 15.2 Å². The van der Waals surface area contributed by atoms with E-state index < -0.39 is 0 Å². The van der Waals surface area contributed by atoms with E-state index in [9.17, 15) is 4.79 Å². The van der Waals surface area contributed by atoms with Gasteiger partial charge in [0.1, 0.15) is 6.54 Å². The van der Waals surface area contributed by atoms with Crippen LogP contribution in [0.4, 0.5) is 0 Å². The predicted molar refractivity (Wildman–Crippen MR) is 81.5 cm³/mol. The van der Waals surface area contributed by atoms with E-state index in [0.717, 1.165) is 12.5 Å². The maximum Gasteiger partial charge on any atom is 0.240 e. The number of nitrogens with zero attached hydrogens (tertiary/aromatic N) is 1. The van der Waals surface area contributed by atoms with Gasteiger partial charge in [0.05, 0.1) is 0 Å². The normalized spacial score (nSPS) is 17.0. The number of aromatic nitrogens is 1. The molecule has 1 heterocycles. The molecule has 1 aliphatic rings. The Hall–Kier alpha value is -1.29. The summed E-state index contributed by atoms with van der Waals surface area (Å²) in [7, 11) is 0. The van der Waals surface area contributed by atoms with Crippen LogP contribution < -0.4 is 10.6 Å². The van der Waals surface area contributed by atoms with Crippen LogP contribution >= 0.6 is 0 Å². The molecule has 1 aliphatic carbocycles. The summed E-state index contributed by atoms with van der Waals surface area (Å²) in [5.74, 6) is 0.834. The summed E-state index contributed by atoms with van der Waals surface area (Å²) >= 11 is 0. The molecule has 4 heteroatoms. The van der Waals surface area contributed by atoms with Crippen molar-refractivity contribution in [2.45, 2.75) is 58.7 Å². The second kappa shape index (κ2) is 6.00. The molecule has 0 aliphatic heterocycles. The predicted octanol–water partition coefficient (Wildman–Crippen LogP) is 2.46. The van der Waals surface area contributed by atoms with Gasteiger partial charge in [-0.1, -0.05) is 6.92 Å². The minimum atomic E-state index is -0.173. The highest BCUT2D eigenvalue weighted by molar-refractivity contribution is 5.76. The summed E-state index contributed by atoms with van der Waals surface area (Å²) < 4.78 is 1.98. The molecule has 20 heavy (non-hydrogen) atoms. The molecule has 2 rings (SSSR count). The third-order valence-electron chi connectivity index (χ3n) is 3.49. The molecule has 1 aromatic heterocycles. The van der Waals surface area contributed by atoms with Crippen LogP contribution in [0.1, 0.15) is 52.1 Å². The van der Waals surface area contributed by atoms with Crippen molar-refractivity contribution in [1.29, 1.82) is 0 Å². The van der Waals surface area contributed by atoms with Gasteiger partial charge in [0.2, 0.25) is 5.91 Å². The standard InChI is InChI=1S/C16H27N3O/c1-5-17-15(12-6-7-12)13-8-9-19(10-13)11-14(20)18-16(2,3)4/h8-10,12,15,17H,5-7,11H2,1-4H3,(H,18,20). The zero-order valence-electron chi connectivity index (χ0n) is 13.1. The fourth-order valence-electron chi connectivity index (χ4n) is 2.57. The quantitative estimate of drug-likeness (QED) is 0.839. The average molecular weight is 277 g/mol. The lowest BCUT2D eigenvalue weighted by atomic mass is 10.1. The van der Waals surface area contributed by atoms with Crippen molar-refractivity contribution in [2.24, 2.45) is 5.92 Å². The van der Waals surface area contributed by atoms with Crippen molar-refractivity contribution in [2.75, 3.05) is 6.54 Å². The Balaban J connectivity index is 1.96. The Morgan fingerprint density at radius 2 is 2.15 bits per heavy atom. The van der Waals surface area contributed by atoms with Crippen molar-refractivity contribution in [3.8, 4) is 0 Å². The molecular formula is C16H27N3O. The minimum absolute atomic E-state index is 0.0612. The van der Waals surface area contributed by atoms with E-state index >= 15 is 0 Å². The molecule has 0 spiro atoms. The summed E-state index contributed by atoms with van der Waals surface area (Å²) in [6, 6.07) is 2.59. The van der Waals surface area contributed by atoms with E-state index in [1.54, 1.807) is 0 Å². The molecule has 1 atom stereocenters. The first-order valence-corrected chi connectivity index (χ1v) is 7.59. The molecule has 1 amide bonds. The molecule has 1 fully saturated rings. The van der Waals surface area contributed by atoms with Gasteiger partial charge in [0, 0.05) is 24.0 Å². The van der Waals surface area contributed by atoms with Crippen LogP contribution in [0.25, 0.3) is 0 Å². The van der Waals surface area contributed by atoms with Gasteiger partial charge >= 0.3 is 0 Å². The first-order chi connectivity index (χ1) is 9.39.